The van der Waals surface area contributed by atoms with Crippen LogP contribution in [0, 0.1) is 0 Å². The van der Waals surface area contributed by atoms with Crippen LogP contribution in [0.15, 0.2) is 72.8 Å². The Hall–Kier alpha value is -3.77. The Morgan fingerprint density at radius 2 is 1.65 bits per heavy atom. The zero-order valence-electron chi connectivity index (χ0n) is 25.6. The van der Waals surface area contributed by atoms with Crippen molar-refractivity contribution in [1.82, 2.24) is 10.2 Å². The predicted molar refractivity (Wildman–Crippen MR) is 171 cm³/mol. The molecule has 13 heteroatoms. The lowest BCUT2D eigenvalue weighted by atomic mass is 9.94. The summed E-state index contributed by atoms with van der Waals surface area (Å²) in [5, 5.41) is 2.49. The molecule has 4 rings (SSSR count). The minimum Gasteiger partial charge on any atom is -0.497 e. The number of nitrogens with zero attached hydrogens (tertiary/aromatic N) is 2. The summed E-state index contributed by atoms with van der Waals surface area (Å²) >= 11 is 5.79. The summed E-state index contributed by atoms with van der Waals surface area (Å²) in [6, 6.07) is 17.5. The van der Waals surface area contributed by atoms with Crippen LogP contribution in [0.2, 0.25) is 5.02 Å². The molecule has 2 amide bonds. The lowest BCUT2D eigenvalue weighted by Gasteiger charge is -2.35. The number of halogens is 4. The number of anilines is 1. The third-order valence-electron chi connectivity index (χ3n) is 7.93. The SMILES string of the molecule is COc1cccc(CN(C(=O)CN(c2ccc(Cl)c(C(F)(F)F)c2)S(C)(=O)=O)[C@H](Cc2ccccc2)C(=O)NC2CCCCC2)c1. The van der Waals surface area contributed by atoms with Gasteiger partial charge in [-0.1, -0.05) is 73.3 Å². The molecule has 8 nitrogen and oxygen atoms in total. The molecule has 248 valence electrons. The average Bonchev–Trinajstić information content (AvgIpc) is 3.01. The molecule has 46 heavy (non-hydrogen) atoms. The van der Waals surface area contributed by atoms with E-state index in [-0.39, 0.29) is 24.7 Å². The Bertz CT molecular complexity index is 1620. The van der Waals surface area contributed by atoms with Gasteiger partial charge in [0.25, 0.3) is 0 Å². The van der Waals surface area contributed by atoms with Crippen molar-refractivity contribution in [1.29, 1.82) is 0 Å². The fraction of sp³-hybridized carbons (Fsp3) is 0.394. The topological polar surface area (TPSA) is 96.0 Å². The largest absolute Gasteiger partial charge is 0.497 e. The Balaban J connectivity index is 1.77. The van der Waals surface area contributed by atoms with Gasteiger partial charge < -0.3 is 15.0 Å². The van der Waals surface area contributed by atoms with Crippen LogP contribution >= 0.6 is 11.6 Å². The quantitative estimate of drug-likeness (QED) is 0.245. The molecule has 1 N–H and O–H groups in total. The molecule has 0 spiro atoms. The number of methoxy groups -OCH3 is 1. The second-order valence-corrected chi connectivity index (χ2v) is 13.7. The maximum atomic E-state index is 14.3. The molecule has 0 unspecified atom stereocenters. The van der Waals surface area contributed by atoms with Crippen molar-refractivity contribution in [3.8, 4) is 5.75 Å². The normalized spacial score (nSPS) is 14.7. The second kappa shape index (κ2) is 15.2. The molecule has 1 aliphatic rings. The molecule has 0 saturated heterocycles. The fourth-order valence-corrected chi connectivity index (χ4v) is 6.63. The van der Waals surface area contributed by atoms with Crippen LogP contribution in [0.3, 0.4) is 0 Å². The van der Waals surface area contributed by atoms with Crippen LogP contribution in [-0.2, 0) is 38.8 Å². The molecular weight excluding hydrogens is 643 g/mol. The predicted octanol–water partition coefficient (Wildman–Crippen LogP) is 6.22. The highest BCUT2D eigenvalue weighted by atomic mass is 35.5. The third kappa shape index (κ3) is 9.38. The van der Waals surface area contributed by atoms with Gasteiger partial charge in [-0.3, -0.25) is 13.9 Å². The van der Waals surface area contributed by atoms with Crippen LogP contribution in [0.25, 0.3) is 0 Å². The number of alkyl halides is 3. The summed E-state index contributed by atoms with van der Waals surface area (Å²) in [7, 11) is -2.79. The van der Waals surface area contributed by atoms with Crippen molar-refractivity contribution in [2.45, 2.75) is 63.3 Å². The standard InChI is InChI=1S/C33H37ClF3N3O5S/c1-45-27-15-9-12-24(18-27)21-39(30(19-23-10-5-3-6-11-23)32(42)38-25-13-7-4-8-14-25)31(41)22-40(46(2,43)44)26-16-17-29(34)28(20-26)33(35,36)37/h3,5-6,9-12,15-18,20,25,30H,4,7-8,13-14,19,21-22H2,1-2H3,(H,38,42)/t30-/m1/s1. The van der Waals surface area contributed by atoms with E-state index in [1.165, 1.54) is 12.0 Å². The van der Waals surface area contributed by atoms with Crippen LogP contribution in [0.5, 0.6) is 5.75 Å². The number of rotatable bonds is 12. The molecular formula is C33H37ClF3N3O5S. The van der Waals surface area contributed by atoms with Crippen LogP contribution in [-0.4, -0.2) is 57.1 Å². The van der Waals surface area contributed by atoms with Gasteiger partial charge in [-0.15, -0.1) is 0 Å². The van der Waals surface area contributed by atoms with Crippen LogP contribution in [0.4, 0.5) is 18.9 Å². The van der Waals surface area contributed by atoms with Crippen molar-refractivity contribution >= 4 is 39.1 Å². The van der Waals surface area contributed by atoms with Crippen LogP contribution < -0.4 is 14.4 Å². The van der Waals surface area contributed by atoms with E-state index in [2.05, 4.69) is 5.32 Å². The van der Waals surface area contributed by atoms with E-state index in [1.54, 1.807) is 24.3 Å². The van der Waals surface area contributed by atoms with Crippen molar-refractivity contribution in [3.05, 3.63) is 94.5 Å². The molecule has 0 bridgehead atoms. The Labute approximate surface area is 272 Å². The first-order valence-electron chi connectivity index (χ1n) is 14.9. The first kappa shape index (κ1) is 35.1. The highest BCUT2D eigenvalue weighted by Crippen LogP contribution is 2.37. The smallest absolute Gasteiger partial charge is 0.417 e. The van der Waals surface area contributed by atoms with Gasteiger partial charge in [0.05, 0.1) is 29.6 Å². The molecule has 0 aliphatic heterocycles. The van der Waals surface area contributed by atoms with Crippen molar-refractivity contribution in [2.24, 2.45) is 0 Å². The second-order valence-electron chi connectivity index (χ2n) is 11.4. The molecule has 1 saturated carbocycles. The summed E-state index contributed by atoms with van der Waals surface area (Å²) in [4.78, 5) is 29.6. The lowest BCUT2D eigenvalue weighted by Crippen LogP contribution is -2.55. The summed E-state index contributed by atoms with van der Waals surface area (Å²) in [6.07, 6.45) is 0.648. The maximum absolute atomic E-state index is 14.3. The van der Waals surface area contributed by atoms with Gasteiger partial charge in [-0.25, -0.2) is 8.42 Å². The Morgan fingerprint density at radius 1 is 0.978 bits per heavy atom. The molecule has 3 aromatic rings. The summed E-state index contributed by atoms with van der Waals surface area (Å²) < 4.78 is 73.0. The van der Waals surface area contributed by atoms with Crippen molar-refractivity contribution in [2.75, 3.05) is 24.2 Å². The van der Waals surface area contributed by atoms with E-state index < -0.39 is 51.2 Å². The van der Waals surface area contributed by atoms with Gasteiger partial charge in [-0.05, 0) is 54.3 Å². The van der Waals surface area contributed by atoms with E-state index in [1.807, 2.05) is 30.3 Å². The number of benzene rings is 3. The zero-order chi connectivity index (χ0) is 33.5. The van der Waals surface area contributed by atoms with Gasteiger partial charge in [0.1, 0.15) is 18.3 Å². The highest BCUT2D eigenvalue weighted by Gasteiger charge is 2.37. The van der Waals surface area contributed by atoms with Crippen molar-refractivity contribution in [3.63, 3.8) is 0 Å². The van der Waals surface area contributed by atoms with Crippen LogP contribution in [0.1, 0.15) is 48.8 Å². The molecule has 1 fully saturated rings. The number of sulfonamides is 1. The van der Waals surface area contributed by atoms with Gasteiger partial charge in [-0.2, -0.15) is 13.2 Å². The Kier molecular flexibility index (Phi) is 11.6. The molecule has 1 aliphatic carbocycles. The maximum Gasteiger partial charge on any atom is 0.417 e. The van der Waals surface area contributed by atoms with E-state index in [9.17, 15) is 31.2 Å². The average molecular weight is 680 g/mol. The summed E-state index contributed by atoms with van der Waals surface area (Å²) in [5.74, 6) is -0.671. The number of carbonyl (C=O) groups is 2. The minimum absolute atomic E-state index is 0.0735. The summed E-state index contributed by atoms with van der Waals surface area (Å²) in [5.41, 5.74) is -0.259. The Morgan fingerprint density at radius 3 is 2.28 bits per heavy atom. The third-order valence-corrected chi connectivity index (χ3v) is 9.40. The van der Waals surface area contributed by atoms with E-state index in [0.717, 1.165) is 56.1 Å². The number of hydrogen-bond acceptors (Lipinski definition) is 5. The van der Waals surface area contributed by atoms with Gasteiger partial charge in [0.15, 0.2) is 0 Å². The number of nitrogens with one attached hydrogen (secondary N) is 1. The first-order valence-corrected chi connectivity index (χ1v) is 17.1. The van der Waals surface area contributed by atoms with E-state index >= 15 is 0 Å². The first-order chi connectivity index (χ1) is 21.8. The number of ether oxygens (including phenoxy) is 1. The molecule has 0 heterocycles. The minimum atomic E-state index is -4.86. The lowest BCUT2D eigenvalue weighted by molar-refractivity contribution is -0.140. The van der Waals surface area contributed by atoms with Gasteiger partial charge in [0.2, 0.25) is 21.8 Å². The van der Waals surface area contributed by atoms with E-state index in [4.69, 9.17) is 16.3 Å². The number of amides is 2. The molecule has 0 radical (unpaired) electrons. The summed E-state index contributed by atoms with van der Waals surface area (Å²) in [6.45, 7) is -0.957. The molecule has 3 aromatic carbocycles. The van der Waals surface area contributed by atoms with E-state index in [0.29, 0.717) is 21.7 Å². The zero-order valence-corrected chi connectivity index (χ0v) is 27.2. The highest BCUT2D eigenvalue weighted by molar-refractivity contribution is 7.92. The number of carbonyl (C=O) groups excluding carboxylic acids is 2. The fourth-order valence-electron chi connectivity index (χ4n) is 5.57. The number of hydrogen-bond donors (Lipinski definition) is 1. The molecule has 1 atom stereocenters. The monoisotopic (exact) mass is 679 g/mol. The van der Waals surface area contributed by atoms with Crippen molar-refractivity contribution < 1.29 is 35.9 Å². The van der Waals surface area contributed by atoms with Gasteiger partial charge in [0, 0.05) is 19.0 Å². The molecule has 0 aromatic heterocycles. The van der Waals surface area contributed by atoms with Gasteiger partial charge >= 0.3 is 6.18 Å².